The molecule has 0 aromatic heterocycles. The lowest BCUT2D eigenvalue weighted by molar-refractivity contribution is -0.129. The molecular weight excluding hydrogens is 302 g/mol. The van der Waals surface area contributed by atoms with Gasteiger partial charge in [0.15, 0.2) is 0 Å². The van der Waals surface area contributed by atoms with E-state index >= 15 is 0 Å². The van der Waals surface area contributed by atoms with Crippen LogP contribution in [0.2, 0.25) is 0 Å². The Balaban J connectivity index is 1.23. The Morgan fingerprint density at radius 3 is 2.79 bits per heavy atom. The normalized spacial score (nSPS) is 29.8. The van der Waals surface area contributed by atoms with E-state index in [1.54, 1.807) is 0 Å². The average molecular weight is 333 g/mol. The van der Waals surface area contributed by atoms with Crippen molar-refractivity contribution in [1.29, 1.82) is 0 Å². The quantitative estimate of drug-likeness (QED) is 0.775. The fourth-order valence-electron chi connectivity index (χ4n) is 4.42. The Bertz CT molecular complexity index is 489. The Labute approximate surface area is 145 Å². The first-order valence-electron chi connectivity index (χ1n) is 9.92. The van der Waals surface area contributed by atoms with Crippen LogP contribution >= 0.6 is 0 Å². The standard InChI is InChI=1S/C20H31NO3/c22-19(17-4-2-1-3-5-17)21-10-8-20(9-11-21)12-18(24-15-20)14-23-13-16-6-7-16/h4,16,18H,1-3,5-15H2/t18-/m0/s1. The Morgan fingerprint density at radius 2 is 2.08 bits per heavy atom. The van der Waals surface area contributed by atoms with E-state index in [4.69, 9.17) is 9.47 Å². The minimum Gasteiger partial charge on any atom is -0.378 e. The van der Waals surface area contributed by atoms with Crippen LogP contribution in [-0.2, 0) is 14.3 Å². The van der Waals surface area contributed by atoms with Crippen molar-refractivity contribution in [2.45, 2.75) is 63.9 Å². The summed E-state index contributed by atoms with van der Waals surface area (Å²) in [4.78, 5) is 14.7. The van der Waals surface area contributed by atoms with Gasteiger partial charge in [0.1, 0.15) is 0 Å². The highest BCUT2D eigenvalue weighted by Gasteiger charge is 2.43. The number of ether oxygens (including phenoxy) is 2. The summed E-state index contributed by atoms with van der Waals surface area (Å²) in [5.74, 6) is 1.12. The predicted molar refractivity (Wildman–Crippen MR) is 92.7 cm³/mol. The Hall–Kier alpha value is -0.870. The fraction of sp³-hybridized carbons (Fsp3) is 0.850. The molecule has 24 heavy (non-hydrogen) atoms. The number of nitrogens with zero attached hydrogens (tertiary/aromatic N) is 1. The molecule has 4 rings (SSSR count). The molecule has 1 spiro atoms. The molecule has 3 fully saturated rings. The molecule has 134 valence electrons. The van der Waals surface area contributed by atoms with E-state index in [9.17, 15) is 4.79 Å². The molecule has 2 aliphatic heterocycles. The molecule has 0 aromatic carbocycles. The van der Waals surface area contributed by atoms with E-state index in [1.165, 1.54) is 25.7 Å². The van der Waals surface area contributed by atoms with E-state index < -0.39 is 0 Å². The van der Waals surface area contributed by atoms with Gasteiger partial charge in [0, 0.05) is 25.3 Å². The number of carbonyl (C=O) groups is 1. The number of rotatable bonds is 5. The third kappa shape index (κ3) is 3.85. The van der Waals surface area contributed by atoms with E-state index in [0.29, 0.717) is 11.3 Å². The molecule has 0 aromatic rings. The fourth-order valence-corrected chi connectivity index (χ4v) is 4.42. The molecule has 2 heterocycles. The second-order valence-corrected chi connectivity index (χ2v) is 8.39. The average Bonchev–Trinajstić information content (AvgIpc) is 3.37. The van der Waals surface area contributed by atoms with Gasteiger partial charge in [0.2, 0.25) is 5.91 Å². The molecule has 0 unspecified atom stereocenters. The lowest BCUT2D eigenvalue weighted by atomic mass is 9.76. The molecule has 2 aliphatic carbocycles. The molecule has 4 heteroatoms. The SMILES string of the molecule is O=C(C1=CCCCC1)N1CCC2(CC1)CO[C@H](COCC1CC1)C2. The van der Waals surface area contributed by atoms with Gasteiger partial charge >= 0.3 is 0 Å². The lowest BCUT2D eigenvalue weighted by Gasteiger charge is -2.39. The van der Waals surface area contributed by atoms with Crippen LogP contribution in [0.15, 0.2) is 11.6 Å². The van der Waals surface area contributed by atoms with Gasteiger partial charge in [-0.2, -0.15) is 0 Å². The van der Waals surface area contributed by atoms with Gasteiger partial charge in [-0.1, -0.05) is 6.08 Å². The number of hydrogen-bond donors (Lipinski definition) is 0. The van der Waals surface area contributed by atoms with Crippen LogP contribution in [-0.4, -0.2) is 49.8 Å². The molecule has 0 N–H and O–H groups in total. The van der Waals surface area contributed by atoms with E-state index in [-0.39, 0.29) is 6.10 Å². The van der Waals surface area contributed by atoms with E-state index in [0.717, 1.165) is 76.5 Å². The van der Waals surface area contributed by atoms with Crippen molar-refractivity contribution in [3.8, 4) is 0 Å². The first kappa shape index (κ1) is 16.6. The molecule has 4 aliphatic rings. The van der Waals surface area contributed by atoms with Crippen molar-refractivity contribution < 1.29 is 14.3 Å². The summed E-state index contributed by atoms with van der Waals surface area (Å²) >= 11 is 0. The Kier molecular flexibility index (Phi) is 4.95. The zero-order chi connectivity index (χ0) is 16.4. The molecule has 1 atom stereocenters. The second-order valence-electron chi connectivity index (χ2n) is 8.39. The minimum atomic E-state index is 0.270. The van der Waals surface area contributed by atoms with Crippen molar-refractivity contribution in [3.05, 3.63) is 11.6 Å². The van der Waals surface area contributed by atoms with Crippen molar-refractivity contribution in [2.75, 3.05) is 32.9 Å². The lowest BCUT2D eigenvalue weighted by Crippen LogP contribution is -2.44. The minimum absolute atomic E-state index is 0.270. The maximum atomic E-state index is 12.6. The van der Waals surface area contributed by atoms with Crippen LogP contribution in [0.3, 0.4) is 0 Å². The van der Waals surface area contributed by atoms with Gasteiger partial charge in [-0.3, -0.25) is 4.79 Å². The first-order chi connectivity index (χ1) is 11.7. The number of piperidine rings is 1. The smallest absolute Gasteiger partial charge is 0.249 e. The summed E-state index contributed by atoms with van der Waals surface area (Å²) in [6, 6.07) is 0. The van der Waals surface area contributed by atoms with Crippen LogP contribution in [0.5, 0.6) is 0 Å². The third-order valence-corrected chi connectivity index (χ3v) is 6.32. The van der Waals surface area contributed by atoms with Gasteiger partial charge in [0.05, 0.1) is 19.3 Å². The van der Waals surface area contributed by atoms with Gasteiger partial charge in [-0.15, -0.1) is 0 Å². The third-order valence-electron chi connectivity index (χ3n) is 6.32. The highest BCUT2D eigenvalue weighted by atomic mass is 16.5. The number of hydrogen-bond acceptors (Lipinski definition) is 3. The topological polar surface area (TPSA) is 38.8 Å². The second kappa shape index (κ2) is 7.17. The maximum absolute atomic E-state index is 12.6. The molecular formula is C20H31NO3. The zero-order valence-corrected chi connectivity index (χ0v) is 14.8. The molecule has 4 nitrogen and oxygen atoms in total. The summed E-state index contributed by atoms with van der Waals surface area (Å²) < 4.78 is 11.8. The van der Waals surface area contributed by atoms with E-state index in [1.807, 2.05) is 0 Å². The number of amides is 1. The summed E-state index contributed by atoms with van der Waals surface area (Å²) in [5.41, 5.74) is 1.36. The Morgan fingerprint density at radius 1 is 1.25 bits per heavy atom. The molecule has 0 bridgehead atoms. The summed E-state index contributed by atoms with van der Waals surface area (Å²) in [6.07, 6.45) is 12.9. The van der Waals surface area contributed by atoms with Crippen molar-refractivity contribution in [1.82, 2.24) is 4.90 Å². The van der Waals surface area contributed by atoms with Crippen LogP contribution in [0, 0.1) is 11.3 Å². The van der Waals surface area contributed by atoms with Crippen molar-refractivity contribution >= 4 is 5.91 Å². The van der Waals surface area contributed by atoms with Crippen LogP contribution in [0.1, 0.15) is 57.8 Å². The highest BCUT2D eigenvalue weighted by molar-refractivity contribution is 5.93. The number of allylic oxidation sites excluding steroid dienone is 1. The van der Waals surface area contributed by atoms with Crippen molar-refractivity contribution in [3.63, 3.8) is 0 Å². The predicted octanol–water partition coefficient (Wildman–Crippen LogP) is 3.31. The van der Waals surface area contributed by atoms with Gasteiger partial charge in [-0.05, 0) is 69.1 Å². The zero-order valence-electron chi connectivity index (χ0n) is 14.8. The van der Waals surface area contributed by atoms with Gasteiger partial charge in [-0.25, -0.2) is 0 Å². The van der Waals surface area contributed by atoms with Crippen LogP contribution in [0.25, 0.3) is 0 Å². The number of likely N-dealkylation sites (tertiary alicyclic amines) is 1. The van der Waals surface area contributed by atoms with Gasteiger partial charge < -0.3 is 14.4 Å². The monoisotopic (exact) mass is 333 g/mol. The molecule has 2 saturated heterocycles. The largest absolute Gasteiger partial charge is 0.378 e. The molecule has 0 radical (unpaired) electrons. The number of carbonyl (C=O) groups excluding carboxylic acids is 1. The van der Waals surface area contributed by atoms with Gasteiger partial charge in [0.25, 0.3) is 0 Å². The van der Waals surface area contributed by atoms with E-state index in [2.05, 4.69) is 11.0 Å². The molecule has 1 saturated carbocycles. The summed E-state index contributed by atoms with van der Waals surface area (Å²) in [5, 5.41) is 0. The van der Waals surface area contributed by atoms with Crippen molar-refractivity contribution in [2.24, 2.45) is 11.3 Å². The maximum Gasteiger partial charge on any atom is 0.249 e. The highest BCUT2D eigenvalue weighted by Crippen LogP contribution is 2.42. The summed E-state index contributed by atoms with van der Waals surface area (Å²) in [7, 11) is 0. The first-order valence-corrected chi connectivity index (χ1v) is 9.92. The summed E-state index contributed by atoms with van der Waals surface area (Å²) in [6.45, 7) is 4.33. The van der Waals surface area contributed by atoms with Crippen LogP contribution < -0.4 is 0 Å². The molecule has 1 amide bonds. The van der Waals surface area contributed by atoms with Crippen LogP contribution in [0.4, 0.5) is 0 Å².